The molecule has 0 spiro atoms. The monoisotopic (exact) mass is 247 g/mol. The Hall–Kier alpha value is -1.62. The number of aromatic nitrogens is 3. The fourth-order valence-electron chi connectivity index (χ4n) is 2.00. The van der Waals surface area contributed by atoms with Crippen LogP contribution in [0.1, 0.15) is 20.8 Å². The third kappa shape index (κ3) is 2.46. The Morgan fingerprint density at radius 3 is 2.83 bits per heavy atom. The normalized spacial score (nSPS) is 12.0. The summed E-state index contributed by atoms with van der Waals surface area (Å²) in [6.45, 7) is 8.93. The first-order valence-electron chi connectivity index (χ1n) is 6.31. The zero-order valence-electron chi connectivity index (χ0n) is 11.3. The number of nitrogens with zero attached hydrogens (tertiary/aromatic N) is 4. The van der Waals surface area contributed by atoms with Gasteiger partial charge in [-0.3, -0.25) is 0 Å². The van der Waals surface area contributed by atoms with Crippen molar-refractivity contribution >= 4 is 11.3 Å². The minimum Gasteiger partial charge on any atom is -0.355 e. The van der Waals surface area contributed by atoms with E-state index in [0.29, 0.717) is 6.54 Å². The Morgan fingerprint density at radius 2 is 2.17 bits per heavy atom. The van der Waals surface area contributed by atoms with E-state index >= 15 is 0 Å². The first-order valence-corrected chi connectivity index (χ1v) is 6.31. The van der Waals surface area contributed by atoms with Crippen molar-refractivity contribution < 1.29 is 0 Å². The summed E-state index contributed by atoms with van der Waals surface area (Å²) >= 11 is 0. The van der Waals surface area contributed by atoms with Gasteiger partial charge in [-0.05, 0) is 24.9 Å². The van der Waals surface area contributed by atoms with Gasteiger partial charge in [-0.15, -0.1) is 0 Å². The average Bonchev–Trinajstić information content (AvgIpc) is 2.84. The molecule has 0 atom stereocenters. The molecule has 2 aromatic heterocycles. The van der Waals surface area contributed by atoms with Gasteiger partial charge in [0.15, 0.2) is 5.82 Å². The van der Waals surface area contributed by atoms with Crippen LogP contribution in [0.2, 0.25) is 0 Å². The second-order valence-electron chi connectivity index (χ2n) is 5.29. The highest BCUT2D eigenvalue weighted by Gasteiger charge is 2.21. The molecule has 0 aliphatic rings. The zero-order chi connectivity index (χ0) is 13.2. The van der Waals surface area contributed by atoms with E-state index in [-0.39, 0.29) is 5.41 Å². The predicted octanol–water partition coefficient (Wildman–Crippen LogP) is 1.54. The molecule has 0 aliphatic carbocycles. The fraction of sp³-hybridized carbons (Fsp3) is 0.538. The van der Waals surface area contributed by atoms with Gasteiger partial charge in [-0.2, -0.15) is 5.10 Å². The van der Waals surface area contributed by atoms with Crippen molar-refractivity contribution in [3.05, 3.63) is 24.7 Å². The van der Waals surface area contributed by atoms with Crippen LogP contribution in [0.4, 0.5) is 5.82 Å². The van der Waals surface area contributed by atoms with Gasteiger partial charge in [0.25, 0.3) is 0 Å². The van der Waals surface area contributed by atoms with Crippen molar-refractivity contribution in [1.29, 1.82) is 0 Å². The maximum Gasteiger partial charge on any atom is 0.154 e. The fourth-order valence-corrected chi connectivity index (χ4v) is 2.00. The third-order valence-electron chi connectivity index (χ3n) is 3.16. The van der Waals surface area contributed by atoms with Gasteiger partial charge in [0.05, 0.1) is 6.20 Å². The number of rotatable bonds is 5. The van der Waals surface area contributed by atoms with Gasteiger partial charge in [0, 0.05) is 25.5 Å². The summed E-state index contributed by atoms with van der Waals surface area (Å²) in [6.07, 6.45) is 5.44. The van der Waals surface area contributed by atoms with Crippen LogP contribution in [0.5, 0.6) is 0 Å². The molecular weight excluding hydrogens is 226 g/mol. The SMILES string of the molecule is CCN(CC(C)(C)CN)c1nccn2nccc12. The second kappa shape index (κ2) is 4.94. The Labute approximate surface area is 108 Å². The lowest BCUT2D eigenvalue weighted by atomic mass is 9.93. The highest BCUT2D eigenvalue weighted by Crippen LogP contribution is 2.23. The molecule has 5 heteroatoms. The molecule has 0 aromatic carbocycles. The number of hydrogen-bond donors (Lipinski definition) is 1. The van der Waals surface area contributed by atoms with Crippen LogP contribution in [0.15, 0.2) is 24.7 Å². The van der Waals surface area contributed by atoms with Gasteiger partial charge < -0.3 is 10.6 Å². The first kappa shape index (κ1) is 12.8. The summed E-state index contributed by atoms with van der Waals surface area (Å²) in [6, 6.07) is 1.99. The maximum atomic E-state index is 5.82. The molecule has 0 saturated heterocycles. The summed E-state index contributed by atoms with van der Waals surface area (Å²) in [7, 11) is 0. The molecule has 0 amide bonds. The molecular formula is C13H21N5. The topological polar surface area (TPSA) is 59.5 Å². The van der Waals surface area contributed by atoms with Crippen LogP contribution in [0, 0.1) is 5.41 Å². The summed E-state index contributed by atoms with van der Waals surface area (Å²) < 4.78 is 1.85. The summed E-state index contributed by atoms with van der Waals surface area (Å²) in [5.74, 6) is 0.971. The minimum absolute atomic E-state index is 0.0740. The molecule has 0 aliphatic heterocycles. The molecule has 0 radical (unpaired) electrons. The largest absolute Gasteiger partial charge is 0.355 e. The zero-order valence-corrected chi connectivity index (χ0v) is 11.3. The number of nitrogens with two attached hydrogens (primary N) is 1. The lowest BCUT2D eigenvalue weighted by molar-refractivity contribution is 0.379. The van der Waals surface area contributed by atoms with Crippen molar-refractivity contribution in [1.82, 2.24) is 14.6 Å². The molecule has 0 saturated carbocycles. The molecule has 0 fully saturated rings. The smallest absolute Gasteiger partial charge is 0.154 e. The van der Waals surface area contributed by atoms with Crippen LogP contribution in [-0.2, 0) is 0 Å². The molecule has 18 heavy (non-hydrogen) atoms. The van der Waals surface area contributed by atoms with E-state index in [1.54, 1.807) is 12.4 Å². The molecule has 0 bridgehead atoms. The van der Waals surface area contributed by atoms with Crippen molar-refractivity contribution in [2.75, 3.05) is 24.5 Å². The highest BCUT2D eigenvalue weighted by molar-refractivity contribution is 5.68. The van der Waals surface area contributed by atoms with E-state index in [1.165, 1.54) is 0 Å². The van der Waals surface area contributed by atoms with Gasteiger partial charge in [0.2, 0.25) is 0 Å². The van der Waals surface area contributed by atoms with Crippen LogP contribution in [0.3, 0.4) is 0 Å². The summed E-state index contributed by atoms with van der Waals surface area (Å²) in [4.78, 5) is 6.75. The van der Waals surface area contributed by atoms with E-state index in [9.17, 15) is 0 Å². The van der Waals surface area contributed by atoms with Gasteiger partial charge in [-0.25, -0.2) is 9.50 Å². The average molecular weight is 247 g/mol. The molecule has 2 aromatic rings. The maximum absolute atomic E-state index is 5.82. The van der Waals surface area contributed by atoms with Crippen LogP contribution in [-0.4, -0.2) is 34.2 Å². The van der Waals surface area contributed by atoms with E-state index in [1.807, 2.05) is 16.8 Å². The predicted molar refractivity (Wildman–Crippen MR) is 73.7 cm³/mol. The second-order valence-corrected chi connectivity index (χ2v) is 5.29. The van der Waals surface area contributed by atoms with Crippen LogP contribution < -0.4 is 10.6 Å². The Balaban J connectivity index is 2.35. The Kier molecular flexibility index (Phi) is 3.52. The molecule has 2 rings (SSSR count). The van der Waals surface area contributed by atoms with E-state index in [2.05, 4.69) is 35.8 Å². The van der Waals surface area contributed by atoms with E-state index in [4.69, 9.17) is 5.73 Å². The number of anilines is 1. The van der Waals surface area contributed by atoms with Gasteiger partial charge in [0.1, 0.15) is 5.52 Å². The molecule has 5 nitrogen and oxygen atoms in total. The quantitative estimate of drug-likeness (QED) is 0.870. The van der Waals surface area contributed by atoms with E-state index in [0.717, 1.165) is 24.4 Å². The number of fused-ring (bicyclic) bond motifs is 1. The van der Waals surface area contributed by atoms with Gasteiger partial charge in [-0.1, -0.05) is 13.8 Å². The van der Waals surface area contributed by atoms with E-state index < -0.39 is 0 Å². The van der Waals surface area contributed by atoms with Crippen molar-refractivity contribution in [2.45, 2.75) is 20.8 Å². The van der Waals surface area contributed by atoms with Crippen molar-refractivity contribution in [3.8, 4) is 0 Å². The molecule has 2 heterocycles. The van der Waals surface area contributed by atoms with Crippen LogP contribution >= 0.6 is 0 Å². The highest BCUT2D eigenvalue weighted by atomic mass is 15.3. The van der Waals surface area contributed by atoms with Gasteiger partial charge >= 0.3 is 0 Å². The Bertz CT molecular complexity index is 517. The molecule has 0 unspecified atom stereocenters. The Morgan fingerprint density at radius 1 is 1.39 bits per heavy atom. The summed E-state index contributed by atoms with van der Waals surface area (Å²) in [5, 5.41) is 4.24. The first-order chi connectivity index (χ1) is 8.57. The molecule has 98 valence electrons. The standard InChI is InChI=1S/C13H21N5/c1-4-17(10-13(2,3)9-14)12-11-5-6-16-18(11)8-7-15-12/h5-8H,4,9-10,14H2,1-3H3. The van der Waals surface area contributed by atoms with Crippen LogP contribution in [0.25, 0.3) is 5.52 Å². The molecule has 2 N–H and O–H groups in total. The lowest BCUT2D eigenvalue weighted by Gasteiger charge is -2.32. The minimum atomic E-state index is 0.0740. The summed E-state index contributed by atoms with van der Waals surface area (Å²) in [5.41, 5.74) is 6.92. The van der Waals surface area contributed by atoms with Crippen molar-refractivity contribution in [3.63, 3.8) is 0 Å². The lowest BCUT2D eigenvalue weighted by Crippen LogP contribution is -2.39. The number of hydrogen-bond acceptors (Lipinski definition) is 4. The third-order valence-corrected chi connectivity index (χ3v) is 3.16. The van der Waals surface area contributed by atoms with Crippen molar-refractivity contribution in [2.24, 2.45) is 11.1 Å².